The third-order valence-corrected chi connectivity index (χ3v) is 3.75. The molecule has 0 fully saturated rings. The third-order valence-electron chi connectivity index (χ3n) is 3.26. The molecule has 1 aromatic carbocycles. The van der Waals surface area contributed by atoms with Gasteiger partial charge in [0.15, 0.2) is 0 Å². The fourth-order valence-corrected chi connectivity index (χ4v) is 2.50. The van der Waals surface area contributed by atoms with Crippen molar-refractivity contribution in [2.45, 2.75) is 12.5 Å². The van der Waals surface area contributed by atoms with Gasteiger partial charge in [-0.3, -0.25) is 9.59 Å². The number of carbonyl (C=O) groups is 2. The third kappa shape index (κ3) is 2.14. The number of amides is 2. The van der Waals surface area contributed by atoms with E-state index in [1.807, 2.05) is 18.2 Å². The Kier molecular flexibility index (Phi) is 3.43. The van der Waals surface area contributed by atoms with Crippen molar-refractivity contribution in [1.82, 2.24) is 9.80 Å². The Balaban J connectivity index is 2.34. The van der Waals surface area contributed by atoms with Gasteiger partial charge in [-0.2, -0.15) is 0 Å². The van der Waals surface area contributed by atoms with Gasteiger partial charge in [-0.15, -0.1) is 0 Å². The van der Waals surface area contributed by atoms with Gasteiger partial charge in [-0.25, -0.2) is 0 Å². The summed E-state index contributed by atoms with van der Waals surface area (Å²) >= 11 is 3.36. The number of benzene rings is 1. The highest BCUT2D eigenvalue weighted by molar-refractivity contribution is 9.10. The SMILES string of the molecule is CN(C)C(=O)C[C@@H]1c2ccc(Br)cc2C(=O)N1C. The lowest BCUT2D eigenvalue weighted by Gasteiger charge is -2.21. The van der Waals surface area contributed by atoms with Gasteiger partial charge in [0.2, 0.25) is 5.91 Å². The second-order valence-corrected chi connectivity index (χ2v) is 5.57. The summed E-state index contributed by atoms with van der Waals surface area (Å²) in [6, 6.07) is 5.47. The van der Waals surface area contributed by atoms with E-state index in [0.717, 1.165) is 10.0 Å². The number of fused-ring (bicyclic) bond motifs is 1. The topological polar surface area (TPSA) is 40.6 Å². The second kappa shape index (κ2) is 4.72. The number of hydrogen-bond acceptors (Lipinski definition) is 2. The van der Waals surface area contributed by atoms with Crippen LogP contribution < -0.4 is 0 Å². The second-order valence-electron chi connectivity index (χ2n) is 4.66. The van der Waals surface area contributed by atoms with Gasteiger partial charge < -0.3 is 9.80 Å². The summed E-state index contributed by atoms with van der Waals surface area (Å²) in [5.41, 5.74) is 1.62. The van der Waals surface area contributed by atoms with Crippen molar-refractivity contribution < 1.29 is 9.59 Å². The van der Waals surface area contributed by atoms with Crippen LogP contribution in [0.4, 0.5) is 0 Å². The molecular weight excluding hydrogens is 296 g/mol. The van der Waals surface area contributed by atoms with Gasteiger partial charge in [-0.1, -0.05) is 22.0 Å². The van der Waals surface area contributed by atoms with E-state index in [1.54, 1.807) is 30.9 Å². The quantitative estimate of drug-likeness (QED) is 0.839. The Morgan fingerprint density at radius 2 is 2.11 bits per heavy atom. The summed E-state index contributed by atoms with van der Waals surface area (Å²) < 4.78 is 0.877. The molecule has 0 aromatic heterocycles. The first-order chi connectivity index (χ1) is 8.41. The molecule has 0 bridgehead atoms. The number of hydrogen-bond donors (Lipinski definition) is 0. The molecule has 0 unspecified atom stereocenters. The Morgan fingerprint density at radius 3 is 2.72 bits per heavy atom. The molecule has 1 aliphatic heterocycles. The van der Waals surface area contributed by atoms with Crippen LogP contribution in [0.1, 0.15) is 28.4 Å². The average Bonchev–Trinajstić information content (AvgIpc) is 2.54. The predicted molar refractivity (Wildman–Crippen MR) is 72.3 cm³/mol. The predicted octanol–water partition coefficient (Wildman–Crippen LogP) is 2.05. The van der Waals surface area contributed by atoms with E-state index in [1.165, 1.54) is 0 Å². The van der Waals surface area contributed by atoms with Gasteiger partial charge in [0.1, 0.15) is 0 Å². The number of rotatable bonds is 2. The van der Waals surface area contributed by atoms with Crippen LogP contribution in [-0.4, -0.2) is 42.8 Å². The van der Waals surface area contributed by atoms with Crippen LogP contribution >= 0.6 is 15.9 Å². The highest BCUT2D eigenvalue weighted by Crippen LogP contribution is 2.36. The maximum atomic E-state index is 12.1. The molecule has 2 amide bonds. The van der Waals surface area contributed by atoms with Crippen molar-refractivity contribution >= 4 is 27.7 Å². The lowest BCUT2D eigenvalue weighted by molar-refractivity contribution is -0.129. The van der Waals surface area contributed by atoms with Crippen molar-refractivity contribution in [1.29, 1.82) is 0 Å². The molecular formula is C13H15BrN2O2. The van der Waals surface area contributed by atoms with Gasteiger partial charge in [-0.05, 0) is 17.7 Å². The number of halogens is 1. The van der Waals surface area contributed by atoms with Gasteiger partial charge >= 0.3 is 0 Å². The van der Waals surface area contributed by atoms with Crippen molar-refractivity contribution in [2.75, 3.05) is 21.1 Å². The lowest BCUT2D eigenvalue weighted by Crippen LogP contribution is -2.29. The summed E-state index contributed by atoms with van der Waals surface area (Å²) in [5, 5.41) is 0. The first-order valence-corrected chi connectivity index (χ1v) is 6.48. The number of carbonyl (C=O) groups excluding carboxylic acids is 2. The summed E-state index contributed by atoms with van der Waals surface area (Å²) in [6.45, 7) is 0. The molecule has 0 aliphatic carbocycles. The van der Waals surface area contributed by atoms with E-state index in [9.17, 15) is 9.59 Å². The fourth-order valence-electron chi connectivity index (χ4n) is 2.14. The molecule has 0 saturated carbocycles. The molecule has 96 valence electrons. The maximum absolute atomic E-state index is 12.1. The zero-order valence-electron chi connectivity index (χ0n) is 10.6. The van der Waals surface area contributed by atoms with E-state index < -0.39 is 0 Å². The molecule has 18 heavy (non-hydrogen) atoms. The standard InChI is InChI=1S/C13H15BrN2O2/c1-15(2)12(17)7-11-9-5-4-8(14)6-10(9)13(18)16(11)3/h4-6,11H,7H2,1-3H3/t11-/m1/s1. The molecule has 0 N–H and O–H groups in total. The smallest absolute Gasteiger partial charge is 0.254 e. The molecule has 0 spiro atoms. The maximum Gasteiger partial charge on any atom is 0.254 e. The largest absolute Gasteiger partial charge is 0.349 e. The van der Waals surface area contributed by atoms with Crippen LogP contribution in [0.25, 0.3) is 0 Å². The van der Waals surface area contributed by atoms with Crippen molar-refractivity contribution in [2.24, 2.45) is 0 Å². The first-order valence-electron chi connectivity index (χ1n) is 5.68. The van der Waals surface area contributed by atoms with Crippen molar-refractivity contribution in [3.8, 4) is 0 Å². The minimum Gasteiger partial charge on any atom is -0.349 e. The summed E-state index contributed by atoms with van der Waals surface area (Å²) in [6.07, 6.45) is 0.323. The molecule has 0 radical (unpaired) electrons. The highest BCUT2D eigenvalue weighted by atomic mass is 79.9. The van der Waals surface area contributed by atoms with Crippen molar-refractivity contribution in [3.63, 3.8) is 0 Å². The van der Waals surface area contributed by atoms with Gasteiger partial charge in [0, 0.05) is 31.2 Å². The van der Waals surface area contributed by atoms with Crippen LogP contribution in [0.2, 0.25) is 0 Å². The monoisotopic (exact) mass is 310 g/mol. The molecule has 1 aliphatic rings. The Bertz CT molecular complexity index is 514. The summed E-state index contributed by atoms with van der Waals surface area (Å²) in [4.78, 5) is 27.1. The Labute approximate surface area is 115 Å². The van der Waals surface area contributed by atoms with Crippen LogP contribution in [0.5, 0.6) is 0 Å². The van der Waals surface area contributed by atoms with Crippen LogP contribution in [0, 0.1) is 0 Å². The zero-order valence-corrected chi connectivity index (χ0v) is 12.2. The van der Waals surface area contributed by atoms with Crippen LogP contribution in [0.15, 0.2) is 22.7 Å². The molecule has 1 atom stereocenters. The lowest BCUT2D eigenvalue weighted by atomic mass is 10.0. The molecule has 0 saturated heterocycles. The molecule has 5 heteroatoms. The Hall–Kier alpha value is -1.36. The normalized spacial score (nSPS) is 17.9. The minimum absolute atomic E-state index is 0.0235. The zero-order chi connectivity index (χ0) is 13.4. The van der Waals surface area contributed by atoms with Gasteiger partial charge in [0.05, 0.1) is 12.5 Å². The van der Waals surface area contributed by atoms with E-state index in [4.69, 9.17) is 0 Å². The van der Waals surface area contributed by atoms with Crippen molar-refractivity contribution in [3.05, 3.63) is 33.8 Å². The van der Waals surface area contributed by atoms with Gasteiger partial charge in [0.25, 0.3) is 5.91 Å². The van der Waals surface area contributed by atoms with E-state index in [-0.39, 0.29) is 17.9 Å². The molecule has 2 rings (SSSR count). The first kappa shape index (κ1) is 13.1. The summed E-state index contributed by atoms with van der Waals surface area (Å²) in [7, 11) is 5.19. The average molecular weight is 311 g/mol. The van der Waals surface area contributed by atoms with E-state index in [0.29, 0.717) is 12.0 Å². The molecule has 1 heterocycles. The molecule has 1 aromatic rings. The Morgan fingerprint density at radius 1 is 1.44 bits per heavy atom. The van der Waals surface area contributed by atoms with Crippen LogP contribution in [-0.2, 0) is 4.79 Å². The van der Waals surface area contributed by atoms with E-state index >= 15 is 0 Å². The number of nitrogens with zero attached hydrogens (tertiary/aromatic N) is 2. The van der Waals surface area contributed by atoms with E-state index in [2.05, 4.69) is 15.9 Å². The fraction of sp³-hybridized carbons (Fsp3) is 0.385. The molecule has 4 nitrogen and oxygen atoms in total. The van der Waals surface area contributed by atoms with Crippen LogP contribution in [0.3, 0.4) is 0 Å². The summed E-state index contributed by atoms with van der Waals surface area (Å²) in [5.74, 6) is -0.00160. The minimum atomic E-state index is -0.157. The highest BCUT2D eigenvalue weighted by Gasteiger charge is 2.35.